The molecule has 3 saturated heterocycles. The largest absolute Gasteiger partial charge is 0.461 e. The van der Waals surface area contributed by atoms with Crippen molar-refractivity contribution in [2.45, 2.75) is 101 Å². The number of anilines is 2. The van der Waals surface area contributed by atoms with E-state index < -0.39 is 84.7 Å². The van der Waals surface area contributed by atoms with Crippen LogP contribution in [0.15, 0.2) is 24.3 Å². The quantitative estimate of drug-likeness (QED) is 0.0625. The molecule has 56 heavy (non-hydrogen) atoms. The lowest BCUT2D eigenvalue weighted by molar-refractivity contribution is 0.107. The molecule has 1 aliphatic carbocycles. The first-order chi connectivity index (χ1) is 27.4. The molecule has 3 aliphatic heterocycles. The van der Waals surface area contributed by atoms with Crippen molar-refractivity contribution in [3.8, 4) is 28.7 Å². The van der Waals surface area contributed by atoms with Crippen LogP contribution in [-0.2, 0) is 4.74 Å². The molecular weight excluding hydrogens is 744 g/mol. The van der Waals surface area contributed by atoms with Crippen molar-refractivity contribution in [1.82, 2.24) is 19.9 Å². The van der Waals surface area contributed by atoms with Crippen molar-refractivity contribution in [3.63, 3.8) is 0 Å². The Balaban J connectivity index is 1.36. The summed E-state index contributed by atoms with van der Waals surface area (Å²) in [6, 6.07) is 4.33. The van der Waals surface area contributed by atoms with Gasteiger partial charge < -0.3 is 20.1 Å². The Kier molecular flexibility index (Phi) is 9.33. The summed E-state index contributed by atoms with van der Waals surface area (Å²) >= 11 is 0. The van der Waals surface area contributed by atoms with Crippen LogP contribution in [-0.4, -0.2) is 91.3 Å². The summed E-state index contributed by atoms with van der Waals surface area (Å²) in [5, 5.41) is 0.136. The van der Waals surface area contributed by atoms with E-state index in [9.17, 15) is 4.39 Å². The number of nitrogens with zero attached hydrogens (tertiary/aromatic N) is 5. The minimum absolute atomic E-state index is 0.00457. The Morgan fingerprint density at radius 3 is 2.52 bits per heavy atom. The van der Waals surface area contributed by atoms with Gasteiger partial charge in [0.25, 0.3) is 0 Å². The molecule has 5 atom stereocenters. The van der Waals surface area contributed by atoms with Crippen molar-refractivity contribution in [1.29, 1.82) is 0 Å². The van der Waals surface area contributed by atoms with Crippen molar-refractivity contribution in [2.75, 3.05) is 50.0 Å². The monoisotopic (exact) mass is 794 g/mol. The third-order valence-corrected chi connectivity index (χ3v) is 19.0. The highest BCUT2D eigenvalue weighted by atomic mass is 28.3. The predicted octanol–water partition coefficient (Wildman–Crippen LogP) is 8.54. The van der Waals surface area contributed by atoms with Gasteiger partial charge >= 0.3 is 6.01 Å². The molecule has 0 amide bonds. The zero-order valence-electron chi connectivity index (χ0n) is 34.5. The first-order valence-electron chi connectivity index (χ1n) is 20.6. The van der Waals surface area contributed by atoms with E-state index in [1.807, 2.05) is 0 Å². The third kappa shape index (κ3) is 6.29. The van der Waals surface area contributed by atoms with Crippen LogP contribution in [0.4, 0.5) is 33.5 Å². The Morgan fingerprint density at radius 1 is 1.04 bits per heavy atom. The van der Waals surface area contributed by atoms with E-state index in [1.165, 1.54) is 23.1 Å². The van der Waals surface area contributed by atoms with Crippen LogP contribution in [0.2, 0.25) is 16.6 Å². The fourth-order valence-electron chi connectivity index (χ4n) is 9.99. The van der Waals surface area contributed by atoms with Crippen molar-refractivity contribution in [3.05, 3.63) is 47.4 Å². The summed E-state index contributed by atoms with van der Waals surface area (Å²) in [6.45, 7) is 11.0. The maximum atomic E-state index is 17.5. The summed E-state index contributed by atoms with van der Waals surface area (Å²) in [7, 11) is -2.39. The van der Waals surface area contributed by atoms with Gasteiger partial charge in [0.05, 0.1) is 33.1 Å². The number of pyridine rings is 1. The highest BCUT2D eigenvalue weighted by molar-refractivity contribution is 6.90. The molecule has 0 radical (unpaired) electrons. The fraction of sp³-hybridized carbons (Fsp3) is 0.548. The summed E-state index contributed by atoms with van der Waals surface area (Å²) in [5.41, 5.74) is 8.23. The summed E-state index contributed by atoms with van der Waals surface area (Å²) in [6.07, 6.45) is -1.85. The van der Waals surface area contributed by atoms with Gasteiger partial charge in [0, 0.05) is 42.1 Å². The van der Waals surface area contributed by atoms with Gasteiger partial charge in [-0.25, -0.2) is 22.5 Å². The Bertz CT molecular complexity index is 2340. The fourth-order valence-corrected chi connectivity index (χ4v) is 15.2. The number of hydrogen-bond donors (Lipinski definition) is 1. The van der Waals surface area contributed by atoms with E-state index in [-0.39, 0.29) is 77.4 Å². The normalized spacial score (nSPS) is 26.0. The number of hydrogen-bond acceptors (Lipinski definition) is 8. The molecular formula is C42H49F5N6O2Si. The standard InChI is InChI=1S/C42H49F5N6O2Si/c1-22(2)56(23(3)4,24(5)6)15-10-28-31(44)9-8-25-16-27(48)17-29(32(25)28)36-35(46)37-33(39(47)49-36)40(53-13-14-54-20-30-34(45)38(30)53)51-41(50-37)55-21-42-11-7-12-52(42)19-26(43)18-42/h8-9,16-17,22-24,26,30,34,38H,7,11-14,18-21,48H2,1-6H3/t26-,30+,34+,38+,42+/m1/s1/i21D2. The van der Waals surface area contributed by atoms with E-state index in [4.69, 9.17) is 17.9 Å². The van der Waals surface area contributed by atoms with Crippen LogP contribution in [0.1, 0.15) is 69.1 Å². The second-order valence-corrected chi connectivity index (χ2v) is 22.4. The van der Waals surface area contributed by atoms with Crippen LogP contribution in [0, 0.1) is 35.0 Å². The molecule has 0 bridgehead atoms. The van der Waals surface area contributed by atoms with Crippen LogP contribution < -0.4 is 15.4 Å². The average molecular weight is 795 g/mol. The predicted molar refractivity (Wildman–Crippen MR) is 211 cm³/mol. The van der Waals surface area contributed by atoms with Gasteiger partial charge in [-0.05, 0) is 59.6 Å². The minimum atomic E-state index is -2.57. The lowest BCUT2D eigenvalue weighted by Crippen LogP contribution is -2.43. The first kappa shape index (κ1) is 36.3. The molecule has 14 heteroatoms. The molecule has 5 heterocycles. The highest BCUT2D eigenvalue weighted by Gasteiger charge is 2.57. The molecule has 4 aromatic rings. The number of alkyl halides is 2. The number of aromatic nitrogens is 3. The van der Waals surface area contributed by atoms with E-state index >= 15 is 17.6 Å². The molecule has 2 aromatic heterocycles. The smallest absolute Gasteiger partial charge is 0.319 e. The van der Waals surface area contributed by atoms with Gasteiger partial charge in [0.1, 0.15) is 55.2 Å². The van der Waals surface area contributed by atoms with Gasteiger partial charge in [-0.15, -0.1) is 5.54 Å². The van der Waals surface area contributed by atoms with Crippen LogP contribution in [0.5, 0.6) is 6.01 Å². The number of benzene rings is 2. The second-order valence-electron chi connectivity index (χ2n) is 16.8. The number of rotatable bonds is 8. The molecule has 298 valence electrons. The van der Waals surface area contributed by atoms with Gasteiger partial charge in [0.2, 0.25) is 5.95 Å². The van der Waals surface area contributed by atoms with Gasteiger partial charge in [0.15, 0.2) is 5.82 Å². The van der Waals surface area contributed by atoms with E-state index in [1.54, 1.807) is 11.0 Å². The Hall–Kier alpha value is -4.06. The van der Waals surface area contributed by atoms with Crippen LogP contribution in [0.25, 0.3) is 32.9 Å². The van der Waals surface area contributed by atoms with Crippen LogP contribution in [0.3, 0.4) is 0 Å². The molecule has 4 fully saturated rings. The number of ether oxygens (including phenoxy) is 2. The number of fused-ring (bicyclic) bond motifs is 4. The molecule has 4 aliphatic rings. The van der Waals surface area contributed by atoms with Crippen molar-refractivity contribution < 1.29 is 34.2 Å². The highest BCUT2D eigenvalue weighted by Crippen LogP contribution is 2.47. The Labute approximate surface area is 328 Å². The van der Waals surface area contributed by atoms with Gasteiger partial charge in [-0.3, -0.25) is 4.90 Å². The van der Waals surface area contributed by atoms with Crippen molar-refractivity contribution in [2.24, 2.45) is 5.92 Å². The zero-order chi connectivity index (χ0) is 41.6. The number of halogens is 5. The lowest BCUT2D eigenvalue weighted by atomic mass is 9.95. The number of nitrogen functional groups attached to an aromatic ring is 1. The van der Waals surface area contributed by atoms with Crippen LogP contribution >= 0.6 is 0 Å². The third-order valence-electron chi connectivity index (χ3n) is 12.7. The van der Waals surface area contributed by atoms with E-state index in [2.05, 4.69) is 68.0 Å². The molecule has 0 spiro atoms. The average Bonchev–Trinajstić information content (AvgIpc) is 3.51. The zero-order valence-corrected chi connectivity index (χ0v) is 33.5. The maximum absolute atomic E-state index is 17.5. The minimum Gasteiger partial charge on any atom is -0.461 e. The van der Waals surface area contributed by atoms with Gasteiger partial charge in [-0.1, -0.05) is 53.5 Å². The summed E-state index contributed by atoms with van der Waals surface area (Å²) in [5.74, 6) is -0.608. The topological polar surface area (TPSA) is 89.6 Å². The second kappa shape index (κ2) is 14.4. The van der Waals surface area contributed by atoms with Crippen molar-refractivity contribution >= 4 is 41.3 Å². The lowest BCUT2D eigenvalue weighted by Gasteiger charge is -2.38. The van der Waals surface area contributed by atoms with Gasteiger partial charge in [-0.2, -0.15) is 14.4 Å². The van der Waals surface area contributed by atoms with E-state index in [0.29, 0.717) is 24.8 Å². The first-order valence-corrected chi connectivity index (χ1v) is 21.8. The number of nitrogens with two attached hydrogens (primary N) is 1. The molecule has 8 rings (SSSR count). The van der Waals surface area contributed by atoms with E-state index in [0.717, 1.165) is 0 Å². The Morgan fingerprint density at radius 2 is 1.79 bits per heavy atom. The summed E-state index contributed by atoms with van der Waals surface area (Å²) in [4.78, 5) is 16.0. The molecule has 2 N–H and O–H groups in total. The maximum Gasteiger partial charge on any atom is 0.319 e. The summed E-state index contributed by atoms with van der Waals surface area (Å²) < 4.78 is 110. The molecule has 0 unspecified atom stereocenters. The SMILES string of the molecule is [2H]C([2H])(Oc1nc(N2CCOC[C@H]3[C@H](F)[C@H]32)c2c(F)nc(-c3cc(N)cc4ccc(F)c(C#C[Si](C(C)C)(C(C)C)C(C)C)c34)c(F)c2n1)[C@@]12CCCN1C[C@H](F)C2. The molecule has 1 saturated carbocycles. The molecule has 8 nitrogen and oxygen atoms in total. The molecule has 2 aromatic carbocycles.